The molecular weight excluding hydrogens is 180 g/mol. The highest BCUT2D eigenvalue weighted by Crippen LogP contribution is 2.38. The molecule has 1 saturated carbocycles. The summed E-state index contributed by atoms with van der Waals surface area (Å²) in [5, 5.41) is 0. The molecule has 1 aromatic rings. The van der Waals surface area contributed by atoms with Gasteiger partial charge in [-0.2, -0.15) is 0 Å². The van der Waals surface area contributed by atoms with E-state index in [-0.39, 0.29) is 0 Å². The van der Waals surface area contributed by atoms with Crippen LogP contribution in [0, 0.1) is 6.92 Å². The zero-order valence-electron chi connectivity index (χ0n) is 10.2. The third-order valence-electron chi connectivity index (χ3n) is 3.66. The van der Waals surface area contributed by atoms with E-state index in [2.05, 4.69) is 39.0 Å². The van der Waals surface area contributed by atoms with Crippen LogP contribution in [0.1, 0.15) is 68.1 Å². The van der Waals surface area contributed by atoms with Crippen LogP contribution in [0.25, 0.3) is 0 Å². The van der Waals surface area contributed by atoms with Gasteiger partial charge in [-0.25, -0.2) is 0 Å². The molecule has 0 atom stereocenters. The lowest BCUT2D eigenvalue weighted by Gasteiger charge is -2.18. The second-order valence-corrected chi connectivity index (χ2v) is 5.27. The third kappa shape index (κ3) is 2.25. The van der Waals surface area contributed by atoms with Gasteiger partial charge in [0.25, 0.3) is 0 Å². The number of hydrogen-bond acceptors (Lipinski definition) is 0. The maximum Gasteiger partial charge on any atom is -0.0159 e. The summed E-state index contributed by atoms with van der Waals surface area (Å²) in [6.07, 6.45) is 5.66. The number of aryl methyl sites for hydroxylation is 1. The second-order valence-electron chi connectivity index (χ2n) is 5.27. The maximum atomic E-state index is 2.39. The van der Waals surface area contributed by atoms with Crippen molar-refractivity contribution in [3.05, 3.63) is 34.9 Å². The van der Waals surface area contributed by atoms with Crippen molar-refractivity contribution in [2.45, 2.75) is 58.3 Å². The fourth-order valence-electron chi connectivity index (χ4n) is 2.80. The Morgan fingerprint density at radius 3 is 2.40 bits per heavy atom. The molecule has 1 aliphatic rings. The van der Waals surface area contributed by atoms with Crippen LogP contribution in [-0.4, -0.2) is 0 Å². The Kier molecular flexibility index (Phi) is 3.14. The number of benzene rings is 1. The van der Waals surface area contributed by atoms with Crippen molar-refractivity contribution in [1.82, 2.24) is 0 Å². The fraction of sp³-hybridized carbons (Fsp3) is 0.600. The van der Waals surface area contributed by atoms with Crippen LogP contribution in [0.15, 0.2) is 18.2 Å². The minimum absolute atomic E-state index is 0.667. The molecule has 0 amide bonds. The van der Waals surface area contributed by atoms with E-state index < -0.39 is 0 Å². The third-order valence-corrected chi connectivity index (χ3v) is 3.66. The minimum atomic E-state index is 0.667. The van der Waals surface area contributed by atoms with E-state index in [1.54, 1.807) is 11.1 Å². The van der Waals surface area contributed by atoms with Crippen LogP contribution in [0.2, 0.25) is 0 Å². The van der Waals surface area contributed by atoms with Crippen LogP contribution in [0.3, 0.4) is 0 Å². The fourth-order valence-corrected chi connectivity index (χ4v) is 2.80. The molecule has 2 rings (SSSR count). The molecule has 0 heterocycles. The molecule has 0 heteroatoms. The molecule has 0 saturated heterocycles. The summed E-state index contributed by atoms with van der Waals surface area (Å²) in [6.45, 7) is 6.82. The molecule has 0 spiro atoms. The van der Waals surface area contributed by atoms with Crippen molar-refractivity contribution in [3.8, 4) is 0 Å². The lowest BCUT2D eigenvalue weighted by molar-refractivity contribution is 0.698. The molecule has 0 bridgehead atoms. The highest BCUT2D eigenvalue weighted by Gasteiger charge is 2.20. The number of rotatable bonds is 2. The van der Waals surface area contributed by atoms with Gasteiger partial charge in [0.1, 0.15) is 0 Å². The maximum absolute atomic E-state index is 2.39. The summed E-state index contributed by atoms with van der Waals surface area (Å²) in [5.41, 5.74) is 4.62. The van der Waals surface area contributed by atoms with Crippen molar-refractivity contribution in [1.29, 1.82) is 0 Å². The van der Waals surface area contributed by atoms with Gasteiger partial charge in [-0.15, -0.1) is 0 Å². The average Bonchev–Trinajstić information content (AvgIpc) is 2.70. The molecule has 0 aliphatic heterocycles. The topological polar surface area (TPSA) is 0 Å². The van der Waals surface area contributed by atoms with Gasteiger partial charge in [-0.1, -0.05) is 50.5 Å². The SMILES string of the molecule is Cc1ccc(C2CCCC2)c(C(C)C)c1. The summed E-state index contributed by atoms with van der Waals surface area (Å²) < 4.78 is 0. The van der Waals surface area contributed by atoms with E-state index in [0.29, 0.717) is 5.92 Å². The van der Waals surface area contributed by atoms with Crippen LogP contribution in [0.4, 0.5) is 0 Å². The van der Waals surface area contributed by atoms with Crippen molar-refractivity contribution in [2.75, 3.05) is 0 Å². The zero-order chi connectivity index (χ0) is 10.8. The minimum Gasteiger partial charge on any atom is -0.0590 e. The molecule has 1 aliphatic carbocycles. The zero-order valence-corrected chi connectivity index (χ0v) is 10.2. The van der Waals surface area contributed by atoms with Crippen molar-refractivity contribution >= 4 is 0 Å². The first-order chi connectivity index (χ1) is 7.18. The first-order valence-electron chi connectivity index (χ1n) is 6.29. The Hall–Kier alpha value is -0.780. The predicted octanol–water partition coefficient (Wildman–Crippen LogP) is 4.78. The Balaban J connectivity index is 2.36. The molecule has 0 nitrogen and oxygen atoms in total. The molecule has 0 aromatic heterocycles. The van der Waals surface area contributed by atoms with Crippen molar-refractivity contribution in [3.63, 3.8) is 0 Å². The van der Waals surface area contributed by atoms with Crippen LogP contribution in [0.5, 0.6) is 0 Å². The monoisotopic (exact) mass is 202 g/mol. The van der Waals surface area contributed by atoms with Crippen molar-refractivity contribution < 1.29 is 0 Å². The lowest BCUT2D eigenvalue weighted by Crippen LogP contribution is -2.01. The highest BCUT2D eigenvalue weighted by atomic mass is 14.3. The summed E-state index contributed by atoms with van der Waals surface area (Å²) in [7, 11) is 0. The van der Waals surface area contributed by atoms with Crippen LogP contribution < -0.4 is 0 Å². The van der Waals surface area contributed by atoms with Gasteiger partial charge in [-0.05, 0) is 42.7 Å². The Bertz CT molecular complexity index is 330. The van der Waals surface area contributed by atoms with Crippen LogP contribution >= 0.6 is 0 Å². The molecule has 0 radical (unpaired) electrons. The predicted molar refractivity (Wildman–Crippen MR) is 66.5 cm³/mol. The highest BCUT2D eigenvalue weighted by molar-refractivity contribution is 5.36. The van der Waals surface area contributed by atoms with Gasteiger partial charge >= 0.3 is 0 Å². The summed E-state index contributed by atoms with van der Waals surface area (Å²) in [5.74, 6) is 1.52. The van der Waals surface area contributed by atoms with E-state index in [9.17, 15) is 0 Å². The van der Waals surface area contributed by atoms with Gasteiger partial charge in [0.05, 0.1) is 0 Å². The van der Waals surface area contributed by atoms with Gasteiger partial charge in [0, 0.05) is 0 Å². The molecule has 82 valence electrons. The molecule has 15 heavy (non-hydrogen) atoms. The van der Waals surface area contributed by atoms with Crippen molar-refractivity contribution in [2.24, 2.45) is 0 Å². The summed E-state index contributed by atoms with van der Waals surface area (Å²) >= 11 is 0. The van der Waals surface area contributed by atoms with E-state index in [1.165, 1.54) is 31.2 Å². The van der Waals surface area contributed by atoms with E-state index in [4.69, 9.17) is 0 Å². The van der Waals surface area contributed by atoms with Crippen LogP contribution in [-0.2, 0) is 0 Å². The first-order valence-corrected chi connectivity index (χ1v) is 6.29. The molecule has 1 aromatic carbocycles. The van der Waals surface area contributed by atoms with Gasteiger partial charge < -0.3 is 0 Å². The average molecular weight is 202 g/mol. The van der Waals surface area contributed by atoms with Gasteiger partial charge in [0.2, 0.25) is 0 Å². The molecule has 0 unspecified atom stereocenters. The van der Waals surface area contributed by atoms with E-state index >= 15 is 0 Å². The lowest BCUT2D eigenvalue weighted by atomic mass is 9.87. The van der Waals surface area contributed by atoms with Gasteiger partial charge in [-0.3, -0.25) is 0 Å². The Morgan fingerprint density at radius 2 is 1.80 bits per heavy atom. The normalized spacial score (nSPS) is 17.6. The van der Waals surface area contributed by atoms with E-state index in [0.717, 1.165) is 5.92 Å². The van der Waals surface area contributed by atoms with E-state index in [1.807, 2.05) is 0 Å². The smallest absolute Gasteiger partial charge is 0.0159 e. The Morgan fingerprint density at radius 1 is 1.13 bits per heavy atom. The summed E-state index contributed by atoms with van der Waals surface area (Å²) in [6, 6.07) is 7.04. The largest absolute Gasteiger partial charge is 0.0590 e. The molecule has 0 N–H and O–H groups in total. The first kappa shape index (κ1) is 10.7. The summed E-state index contributed by atoms with van der Waals surface area (Å²) in [4.78, 5) is 0. The molecular formula is C15H22. The number of hydrogen-bond donors (Lipinski definition) is 0. The quantitative estimate of drug-likeness (QED) is 0.647. The van der Waals surface area contributed by atoms with Gasteiger partial charge in [0.15, 0.2) is 0 Å². The second kappa shape index (κ2) is 4.38. The molecule has 1 fully saturated rings. The Labute approximate surface area is 93.7 Å². The standard InChI is InChI=1S/C15H22/c1-11(2)15-10-12(3)8-9-14(15)13-6-4-5-7-13/h8-11,13H,4-7H2,1-3H3.